The van der Waals surface area contributed by atoms with Crippen molar-refractivity contribution in [1.29, 1.82) is 0 Å². The van der Waals surface area contributed by atoms with Gasteiger partial charge in [-0.3, -0.25) is 4.79 Å². The quantitative estimate of drug-likeness (QED) is 0.625. The summed E-state index contributed by atoms with van der Waals surface area (Å²) in [5.41, 5.74) is 8.66. The van der Waals surface area contributed by atoms with Crippen LogP contribution in [0.5, 0.6) is 0 Å². The number of rotatable bonds is 6. The molecule has 0 aliphatic carbocycles. The molecule has 0 radical (unpaired) electrons. The van der Waals surface area contributed by atoms with Crippen molar-refractivity contribution in [1.82, 2.24) is 4.98 Å². The van der Waals surface area contributed by atoms with Crippen LogP contribution in [0.3, 0.4) is 0 Å². The van der Waals surface area contributed by atoms with E-state index in [1.807, 2.05) is 24.3 Å². The van der Waals surface area contributed by atoms with Crippen molar-refractivity contribution in [2.24, 2.45) is 5.73 Å². The number of aromatic amines is 1. The van der Waals surface area contributed by atoms with Crippen LogP contribution in [0.1, 0.15) is 32.0 Å². The summed E-state index contributed by atoms with van der Waals surface area (Å²) in [7, 11) is 0. The van der Waals surface area contributed by atoms with Crippen molar-refractivity contribution in [2.75, 3.05) is 6.61 Å². The molecule has 1 unspecified atom stereocenters. The summed E-state index contributed by atoms with van der Waals surface area (Å²) in [6, 6.07) is 4.95. The summed E-state index contributed by atoms with van der Waals surface area (Å²) in [6.07, 6.45) is 2.27. The lowest BCUT2D eigenvalue weighted by atomic mass is 9.85. The number of nitrogens with one attached hydrogen (secondary N) is 1. The summed E-state index contributed by atoms with van der Waals surface area (Å²) in [4.78, 5) is 15.3. The van der Waals surface area contributed by atoms with E-state index in [9.17, 15) is 4.79 Å². The lowest BCUT2D eigenvalue weighted by molar-refractivity contribution is -0.144. The molecule has 0 bridgehead atoms. The van der Waals surface area contributed by atoms with Gasteiger partial charge >= 0.3 is 5.97 Å². The first-order valence-electron chi connectivity index (χ1n) is 7.66. The Balaban J connectivity index is 2.53. The van der Waals surface area contributed by atoms with Gasteiger partial charge in [-0.25, -0.2) is 0 Å². The van der Waals surface area contributed by atoms with Gasteiger partial charge in [-0.2, -0.15) is 0 Å². The van der Waals surface area contributed by atoms with Gasteiger partial charge in [-0.15, -0.1) is 6.58 Å². The van der Waals surface area contributed by atoms with Gasteiger partial charge in [0.2, 0.25) is 0 Å². The minimum atomic E-state index is -0.705. The zero-order valence-corrected chi connectivity index (χ0v) is 14.5. The van der Waals surface area contributed by atoms with Crippen molar-refractivity contribution in [3.63, 3.8) is 0 Å². The first-order chi connectivity index (χ1) is 10.8. The van der Waals surface area contributed by atoms with Crippen LogP contribution in [0.4, 0.5) is 0 Å². The van der Waals surface area contributed by atoms with E-state index in [1.54, 1.807) is 6.92 Å². The minimum absolute atomic E-state index is 0.283. The van der Waals surface area contributed by atoms with Crippen LogP contribution in [0, 0.1) is 0 Å². The normalized spacial score (nSPS) is 13.1. The first-order valence-corrected chi connectivity index (χ1v) is 8.04. The average molecular weight is 335 g/mol. The highest BCUT2D eigenvalue weighted by molar-refractivity contribution is 6.31. The predicted molar refractivity (Wildman–Crippen MR) is 94.8 cm³/mol. The number of benzene rings is 1. The summed E-state index contributed by atoms with van der Waals surface area (Å²) >= 11 is 6.09. The molecule has 0 fully saturated rings. The number of fused-ring (bicyclic) bond motifs is 1. The molecule has 0 aliphatic rings. The Labute approximate surface area is 141 Å². The topological polar surface area (TPSA) is 68.1 Å². The summed E-state index contributed by atoms with van der Waals surface area (Å²) in [5.74, 6) is -0.391. The molecule has 1 atom stereocenters. The van der Waals surface area contributed by atoms with Crippen LogP contribution in [0.25, 0.3) is 10.9 Å². The van der Waals surface area contributed by atoms with Crippen LogP contribution in [-0.2, 0) is 21.4 Å². The van der Waals surface area contributed by atoms with Gasteiger partial charge in [-0.05, 0) is 24.6 Å². The average Bonchev–Trinajstić information content (AvgIpc) is 2.86. The van der Waals surface area contributed by atoms with Crippen molar-refractivity contribution in [2.45, 2.75) is 38.6 Å². The Kier molecular flexibility index (Phi) is 5.17. The van der Waals surface area contributed by atoms with E-state index in [2.05, 4.69) is 25.4 Å². The Morgan fingerprint density at radius 2 is 2.22 bits per heavy atom. The number of H-pyrrole nitrogens is 1. The standard InChI is InChI=1S/C18H23ClN2O2/c1-5-18(3,4)16-13(10-14(20)17(22)23-6-2)12-8-7-11(19)9-15(12)21-16/h5,7-9,14,21H,1,6,10,20H2,2-4H3. The third-order valence-electron chi connectivity index (χ3n) is 4.04. The van der Waals surface area contributed by atoms with Gasteiger partial charge in [0, 0.05) is 33.5 Å². The van der Waals surface area contributed by atoms with E-state index in [0.29, 0.717) is 18.1 Å². The molecule has 2 rings (SSSR count). The molecule has 1 heterocycles. The van der Waals surface area contributed by atoms with E-state index in [0.717, 1.165) is 22.2 Å². The Morgan fingerprint density at radius 3 is 2.83 bits per heavy atom. The number of allylic oxidation sites excluding steroid dienone is 1. The van der Waals surface area contributed by atoms with Gasteiger partial charge in [-0.1, -0.05) is 37.6 Å². The van der Waals surface area contributed by atoms with Gasteiger partial charge in [0.05, 0.1) is 6.61 Å². The molecule has 0 saturated carbocycles. The second-order valence-corrected chi connectivity index (χ2v) is 6.59. The molecule has 4 nitrogen and oxygen atoms in total. The number of esters is 1. The zero-order valence-electron chi connectivity index (χ0n) is 13.8. The number of aromatic nitrogens is 1. The second kappa shape index (κ2) is 6.77. The molecule has 23 heavy (non-hydrogen) atoms. The lowest BCUT2D eigenvalue weighted by Gasteiger charge is -2.22. The predicted octanol–water partition coefficient (Wildman–Crippen LogP) is 3.72. The van der Waals surface area contributed by atoms with Crippen LogP contribution in [-0.4, -0.2) is 23.6 Å². The second-order valence-electron chi connectivity index (χ2n) is 6.16. The number of halogens is 1. The van der Waals surface area contributed by atoms with Gasteiger partial charge in [0.1, 0.15) is 6.04 Å². The first kappa shape index (κ1) is 17.6. The van der Waals surface area contributed by atoms with Crippen molar-refractivity contribution >= 4 is 28.5 Å². The highest BCUT2D eigenvalue weighted by Gasteiger charge is 2.27. The largest absolute Gasteiger partial charge is 0.465 e. The number of carbonyl (C=O) groups is 1. The maximum absolute atomic E-state index is 11.9. The highest BCUT2D eigenvalue weighted by atomic mass is 35.5. The van der Waals surface area contributed by atoms with Crippen molar-refractivity contribution in [3.05, 3.63) is 47.1 Å². The fraction of sp³-hybridized carbons (Fsp3) is 0.389. The van der Waals surface area contributed by atoms with Crippen molar-refractivity contribution in [3.8, 4) is 0 Å². The SMILES string of the molecule is C=CC(C)(C)c1[nH]c2cc(Cl)ccc2c1CC(N)C(=O)OCC. The monoisotopic (exact) mass is 334 g/mol. The molecule has 5 heteroatoms. The maximum atomic E-state index is 11.9. The number of carbonyl (C=O) groups excluding carboxylic acids is 1. The molecule has 2 aromatic rings. The molecule has 0 aliphatic heterocycles. The van der Waals surface area contributed by atoms with Gasteiger partial charge in [0.15, 0.2) is 0 Å². The van der Waals surface area contributed by atoms with Gasteiger partial charge in [0.25, 0.3) is 0 Å². The molecule has 0 saturated heterocycles. The molecule has 3 N–H and O–H groups in total. The zero-order chi connectivity index (χ0) is 17.2. The Hall–Kier alpha value is -1.78. The van der Waals surface area contributed by atoms with Crippen LogP contribution >= 0.6 is 11.6 Å². The summed E-state index contributed by atoms with van der Waals surface area (Å²) in [6.45, 7) is 10.1. The summed E-state index contributed by atoms with van der Waals surface area (Å²) < 4.78 is 5.02. The van der Waals surface area contributed by atoms with E-state index in [4.69, 9.17) is 22.1 Å². The molecule has 1 aromatic heterocycles. The van der Waals surface area contributed by atoms with Crippen molar-refractivity contribution < 1.29 is 9.53 Å². The van der Waals surface area contributed by atoms with Crippen LogP contribution < -0.4 is 5.73 Å². The summed E-state index contributed by atoms with van der Waals surface area (Å²) in [5, 5.41) is 1.67. The number of nitrogens with two attached hydrogens (primary N) is 1. The van der Waals surface area contributed by atoms with E-state index in [1.165, 1.54) is 0 Å². The molecular weight excluding hydrogens is 312 g/mol. The van der Waals surface area contributed by atoms with Crippen LogP contribution in [0.15, 0.2) is 30.9 Å². The third-order valence-corrected chi connectivity index (χ3v) is 4.27. The number of ether oxygens (including phenoxy) is 1. The van der Waals surface area contributed by atoms with E-state index in [-0.39, 0.29) is 5.41 Å². The Morgan fingerprint density at radius 1 is 1.52 bits per heavy atom. The van der Waals surface area contributed by atoms with E-state index >= 15 is 0 Å². The van der Waals surface area contributed by atoms with E-state index < -0.39 is 12.0 Å². The minimum Gasteiger partial charge on any atom is -0.465 e. The fourth-order valence-electron chi connectivity index (χ4n) is 2.64. The maximum Gasteiger partial charge on any atom is 0.323 e. The smallest absolute Gasteiger partial charge is 0.323 e. The molecular formula is C18H23ClN2O2. The third kappa shape index (κ3) is 3.59. The Bertz CT molecular complexity index is 734. The number of hydrogen-bond acceptors (Lipinski definition) is 3. The number of hydrogen-bond donors (Lipinski definition) is 2. The molecule has 0 amide bonds. The van der Waals surface area contributed by atoms with Crippen LogP contribution in [0.2, 0.25) is 5.02 Å². The lowest BCUT2D eigenvalue weighted by Crippen LogP contribution is -2.35. The highest BCUT2D eigenvalue weighted by Crippen LogP contribution is 2.34. The molecule has 124 valence electrons. The fourth-order valence-corrected chi connectivity index (χ4v) is 2.82. The molecule has 1 aromatic carbocycles. The molecule has 0 spiro atoms. The van der Waals surface area contributed by atoms with Gasteiger partial charge < -0.3 is 15.5 Å².